The molecule has 2 aromatic heterocycles. The number of hydrogen-bond donors (Lipinski definition) is 2. The first-order chi connectivity index (χ1) is 8.97. The fourth-order valence-electron chi connectivity index (χ4n) is 1.77. The smallest absolute Gasteiger partial charge is 0.153 e. The van der Waals surface area contributed by atoms with Gasteiger partial charge in [0.25, 0.3) is 0 Å². The molecule has 0 aliphatic heterocycles. The lowest BCUT2D eigenvalue weighted by Crippen LogP contribution is -2.09. The molecule has 0 aliphatic carbocycles. The molecule has 0 aliphatic rings. The summed E-state index contributed by atoms with van der Waals surface area (Å²) in [6, 6.07) is 1.83. The third kappa shape index (κ3) is 3.12. The second-order valence-electron chi connectivity index (χ2n) is 4.41. The predicted octanol–water partition coefficient (Wildman–Crippen LogP) is 2.64. The Morgan fingerprint density at radius 3 is 2.68 bits per heavy atom. The number of aromatic nitrogens is 3. The van der Waals surface area contributed by atoms with Crippen molar-refractivity contribution in [3.63, 3.8) is 0 Å². The van der Waals surface area contributed by atoms with Crippen molar-refractivity contribution in [2.24, 2.45) is 0 Å². The minimum absolute atomic E-state index is 0.495. The average Bonchev–Trinajstić information content (AvgIpc) is 2.33. The van der Waals surface area contributed by atoms with Crippen molar-refractivity contribution < 1.29 is 0 Å². The van der Waals surface area contributed by atoms with Crippen molar-refractivity contribution >= 4 is 23.1 Å². The highest BCUT2D eigenvalue weighted by Gasteiger charge is 2.07. The molecule has 0 fully saturated rings. The number of nitrogens with one attached hydrogen (secondary N) is 1. The molecule has 0 radical (unpaired) electrons. The van der Waals surface area contributed by atoms with E-state index in [4.69, 9.17) is 17.3 Å². The topological polar surface area (TPSA) is 76.7 Å². The molecule has 19 heavy (non-hydrogen) atoms. The van der Waals surface area contributed by atoms with Crippen molar-refractivity contribution in [2.45, 2.75) is 27.3 Å². The van der Waals surface area contributed by atoms with Gasteiger partial charge >= 0.3 is 0 Å². The van der Waals surface area contributed by atoms with Crippen LogP contribution in [0, 0.1) is 20.8 Å². The van der Waals surface area contributed by atoms with Crippen molar-refractivity contribution in [1.82, 2.24) is 15.0 Å². The van der Waals surface area contributed by atoms with E-state index < -0.39 is 0 Å². The van der Waals surface area contributed by atoms with Crippen LogP contribution < -0.4 is 11.1 Å². The van der Waals surface area contributed by atoms with Crippen molar-refractivity contribution in [3.8, 4) is 0 Å². The summed E-state index contributed by atoms with van der Waals surface area (Å²) in [7, 11) is 0. The molecule has 3 N–H and O–H groups in total. The molecule has 2 rings (SSSR count). The zero-order valence-corrected chi connectivity index (χ0v) is 11.9. The van der Waals surface area contributed by atoms with Gasteiger partial charge in [-0.25, -0.2) is 15.0 Å². The lowest BCUT2D eigenvalue weighted by atomic mass is 10.1. The van der Waals surface area contributed by atoms with Gasteiger partial charge in [-0.3, -0.25) is 0 Å². The maximum Gasteiger partial charge on any atom is 0.153 e. The molecule has 0 amide bonds. The molecule has 6 heteroatoms. The molecule has 0 atom stereocenters. The Hall–Kier alpha value is -1.88. The van der Waals surface area contributed by atoms with Crippen LogP contribution in [-0.2, 0) is 6.54 Å². The molecule has 2 aromatic rings. The van der Waals surface area contributed by atoms with Gasteiger partial charge in [0.1, 0.15) is 11.0 Å². The van der Waals surface area contributed by atoms with Gasteiger partial charge in [-0.1, -0.05) is 11.6 Å². The zero-order chi connectivity index (χ0) is 14.0. The number of hydrogen-bond acceptors (Lipinski definition) is 5. The molecular weight excluding hydrogens is 262 g/mol. The third-order valence-electron chi connectivity index (χ3n) is 2.88. The van der Waals surface area contributed by atoms with Crippen LogP contribution in [-0.4, -0.2) is 15.0 Å². The number of pyridine rings is 1. The van der Waals surface area contributed by atoms with Gasteiger partial charge in [0, 0.05) is 12.7 Å². The van der Waals surface area contributed by atoms with Gasteiger partial charge in [-0.05, 0) is 38.0 Å². The molecule has 2 heterocycles. The number of aryl methyl sites for hydroxylation is 3. The monoisotopic (exact) mass is 277 g/mol. The first-order valence-electron chi connectivity index (χ1n) is 5.93. The van der Waals surface area contributed by atoms with E-state index in [1.165, 1.54) is 0 Å². The standard InChI is InChI=1S/C13H16ClN5/c1-7-4-11(14)16-5-10(7)6-17-13-12(15)8(2)18-9(3)19-13/h4-5H,6,15H2,1-3H3,(H,17,18,19). The number of anilines is 2. The van der Waals surface area contributed by atoms with E-state index in [1.54, 1.807) is 6.20 Å². The van der Waals surface area contributed by atoms with Gasteiger partial charge in [0.15, 0.2) is 5.82 Å². The highest BCUT2D eigenvalue weighted by molar-refractivity contribution is 6.29. The average molecular weight is 278 g/mol. The van der Waals surface area contributed by atoms with Crippen molar-refractivity contribution in [1.29, 1.82) is 0 Å². The van der Waals surface area contributed by atoms with Gasteiger partial charge in [0.05, 0.1) is 11.4 Å². The molecule has 0 saturated carbocycles. The van der Waals surface area contributed by atoms with Crippen LogP contribution in [0.1, 0.15) is 22.6 Å². The normalized spacial score (nSPS) is 10.5. The molecule has 0 bridgehead atoms. The maximum absolute atomic E-state index is 5.95. The van der Waals surface area contributed by atoms with E-state index in [-0.39, 0.29) is 0 Å². The molecule has 0 unspecified atom stereocenters. The predicted molar refractivity (Wildman–Crippen MR) is 77.2 cm³/mol. The van der Waals surface area contributed by atoms with Crippen LogP contribution in [0.2, 0.25) is 5.15 Å². The van der Waals surface area contributed by atoms with Crippen LogP contribution >= 0.6 is 11.6 Å². The first kappa shape index (κ1) is 13.5. The lowest BCUT2D eigenvalue weighted by molar-refractivity contribution is 0.990. The molecule has 0 aromatic carbocycles. The summed E-state index contributed by atoms with van der Waals surface area (Å²) >= 11 is 5.83. The number of nitrogen functional groups attached to an aromatic ring is 1. The Balaban J connectivity index is 2.19. The molecule has 0 saturated heterocycles. The van der Waals surface area contributed by atoms with Gasteiger partial charge in [-0.2, -0.15) is 0 Å². The first-order valence-corrected chi connectivity index (χ1v) is 6.30. The van der Waals surface area contributed by atoms with E-state index >= 15 is 0 Å². The van der Waals surface area contributed by atoms with E-state index in [9.17, 15) is 0 Å². The van der Waals surface area contributed by atoms with Crippen LogP contribution in [0.4, 0.5) is 11.5 Å². The van der Waals surface area contributed by atoms with E-state index in [0.717, 1.165) is 16.8 Å². The Kier molecular flexibility index (Phi) is 3.85. The second kappa shape index (κ2) is 5.40. The van der Waals surface area contributed by atoms with Gasteiger partial charge in [-0.15, -0.1) is 0 Å². The zero-order valence-electron chi connectivity index (χ0n) is 11.2. The number of nitrogens with two attached hydrogens (primary N) is 1. The Morgan fingerprint density at radius 1 is 1.26 bits per heavy atom. The summed E-state index contributed by atoms with van der Waals surface area (Å²) in [6.45, 7) is 6.29. The summed E-state index contributed by atoms with van der Waals surface area (Å²) in [5.41, 5.74) is 9.44. The number of rotatable bonds is 3. The minimum atomic E-state index is 0.495. The van der Waals surface area contributed by atoms with E-state index in [1.807, 2.05) is 26.8 Å². The SMILES string of the molecule is Cc1nc(C)c(N)c(NCc2cnc(Cl)cc2C)n1. The van der Waals surface area contributed by atoms with Crippen LogP contribution in [0.25, 0.3) is 0 Å². The molecular formula is C13H16ClN5. The van der Waals surface area contributed by atoms with Crippen LogP contribution in [0.5, 0.6) is 0 Å². The molecule has 0 spiro atoms. The molecule has 5 nitrogen and oxygen atoms in total. The second-order valence-corrected chi connectivity index (χ2v) is 4.79. The van der Waals surface area contributed by atoms with E-state index in [2.05, 4.69) is 20.3 Å². The van der Waals surface area contributed by atoms with Crippen molar-refractivity contribution in [2.75, 3.05) is 11.1 Å². The largest absolute Gasteiger partial charge is 0.394 e. The van der Waals surface area contributed by atoms with Crippen LogP contribution in [0.15, 0.2) is 12.3 Å². The number of halogens is 1. The summed E-state index contributed by atoms with van der Waals surface area (Å²) < 4.78 is 0. The van der Waals surface area contributed by atoms with Crippen molar-refractivity contribution in [3.05, 3.63) is 40.1 Å². The lowest BCUT2D eigenvalue weighted by Gasteiger charge is -2.12. The highest BCUT2D eigenvalue weighted by Crippen LogP contribution is 2.20. The van der Waals surface area contributed by atoms with Gasteiger partial charge < -0.3 is 11.1 Å². The summed E-state index contributed by atoms with van der Waals surface area (Å²) in [4.78, 5) is 12.6. The Morgan fingerprint density at radius 2 is 2.00 bits per heavy atom. The van der Waals surface area contributed by atoms with Crippen LogP contribution in [0.3, 0.4) is 0 Å². The third-order valence-corrected chi connectivity index (χ3v) is 3.09. The molecule has 100 valence electrons. The number of nitrogens with zero attached hydrogens (tertiary/aromatic N) is 3. The van der Waals surface area contributed by atoms with E-state index in [0.29, 0.717) is 29.0 Å². The summed E-state index contributed by atoms with van der Waals surface area (Å²) in [5, 5.41) is 3.71. The highest BCUT2D eigenvalue weighted by atomic mass is 35.5. The quantitative estimate of drug-likeness (QED) is 0.844. The summed E-state index contributed by atoms with van der Waals surface area (Å²) in [6.07, 6.45) is 1.75. The summed E-state index contributed by atoms with van der Waals surface area (Å²) in [5.74, 6) is 1.35. The minimum Gasteiger partial charge on any atom is -0.394 e. The van der Waals surface area contributed by atoms with Gasteiger partial charge in [0.2, 0.25) is 0 Å². The maximum atomic E-state index is 5.95. The Bertz CT molecular complexity index is 612. The Labute approximate surface area is 117 Å². The fraction of sp³-hybridized carbons (Fsp3) is 0.308. The fourth-order valence-corrected chi connectivity index (χ4v) is 1.98.